The van der Waals surface area contributed by atoms with Crippen molar-refractivity contribution in [2.24, 2.45) is 5.73 Å². The Hall–Kier alpha value is -0.900. The maximum atomic E-state index is 13.2. The van der Waals surface area contributed by atoms with Crippen LogP contribution in [0.5, 0.6) is 0 Å². The standard InChI is InChI=1S/C16H16BrClFN/c1-10-7-13(19)5-3-11(10)9-16(2,20)14-6-4-12(17)8-15(14)18/h3-8H,9,20H2,1-2H3. The van der Waals surface area contributed by atoms with Crippen molar-refractivity contribution in [3.05, 3.63) is 68.4 Å². The Bertz CT molecular complexity index is 640. The van der Waals surface area contributed by atoms with Gasteiger partial charge in [0.1, 0.15) is 5.82 Å². The SMILES string of the molecule is Cc1cc(F)ccc1CC(C)(N)c1ccc(Br)cc1Cl. The highest BCUT2D eigenvalue weighted by atomic mass is 79.9. The molecule has 2 aromatic carbocycles. The van der Waals surface area contributed by atoms with E-state index in [4.69, 9.17) is 17.3 Å². The van der Waals surface area contributed by atoms with Gasteiger partial charge in [0.05, 0.1) is 0 Å². The van der Waals surface area contributed by atoms with E-state index >= 15 is 0 Å². The first-order valence-corrected chi connectivity index (χ1v) is 7.46. The van der Waals surface area contributed by atoms with E-state index in [2.05, 4.69) is 15.9 Å². The second kappa shape index (κ2) is 5.84. The predicted molar refractivity (Wildman–Crippen MR) is 85.5 cm³/mol. The van der Waals surface area contributed by atoms with Gasteiger partial charge < -0.3 is 5.73 Å². The summed E-state index contributed by atoms with van der Waals surface area (Å²) in [4.78, 5) is 0. The third-order valence-corrected chi connectivity index (χ3v) is 4.21. The van der Waals surface area contributed by atoms with Crippen LogP contribution < -0.4 is 5.73 Å². The normalized spacial score (nSPS) is 14.1. The van der Waals surface area contributed by atoms with Crippen LogP contribution in [0.15, 0.2) is 40.9 Å². The largest absolute Gasteiger partial charge is 0.321 e. The summed E-state index contributed by atoms with van der Waals surface area (Å²) < 4.78 is 14.1. The lowest BCUT2D eigenvalue weighted by molar-refractivity contribution is 0.489. The first-order chi connectivity index (χ1) is 9.29. The van der Waals surface area contributed by atoms with Crippen LogP contribution in [0.2, 0.25) is 5.02 Å². The highest BCUT2D eigenvalue weighted by molar-refractivity contribution is 9.10. The molecule has 1 nitrogen and oxygen atoms in total. The number of benzene rings is 2. The zero-order valence-electron chi connectivity index (χ0n) is 11.4. The van der Waals surface area contributed by atoms with Gasteiger partial charge in [-0.3, -0.25) is 0 Å². The van der Waals surface area contributed by atoms with E-state index in [-0.39, 0.29) is 5.82 Å². The van der Waals surface area contributed by atoms with Crippen LogP contribution in [0.4, 0.5) is 4.39 Å². The van der Waals surface area contributed by atoms with E-state index in [1.807, 2.05) is 32.0 Å². The van der Waals surface area contributed by atoms with Crippen molar-refractivity contribution in [1.29, 1.82) is 0 Å². The first kappa shape index (κ1) is 15.5. The van der Waals surface area contributed by atoms with E-state index in [1.54, 1.807) is 6.07 Å². The Morgan fingerprint density at radius 3 is 2.55 bits per heavy atom. The van der Waals surface area contributed by atoms with Crippen molar-refractivity contribution in [2.75, 3.05) is 0 Å². The molecule has 2 aromatic rings. The van der Waals surface area contributed by atoms with E-state index in [9.17, 15) is 4.39 Å². The topological polar surface area (TPSA) is 26.0 Å². The lowest BCUT2D eigenvalue weighted by atomic mass is 9.85. The third kappa shape index (κ3) is 3.40. The Kier molecular flexibility index (Phi) is 4.52. The monoisotopic (exact) mass is 355 g/mol. The predicted octanol–water partition coefficient (Wildman–Crippen LogP) is 4.97. The van der Waals surface area contributed by atoms with Gasteiger partial charge in [0.25, 0.3) is 0 Å². The van der Waals surface area contributed by atoms with E-state index in [0.717, 1.165) is 21.2 Å². The van der Waals surface area contributed by atoms with Crippen LogP contribution in [0.3, 0.4) is 0 Å². The lowest BCUT2D eigenvalue weighted by Crippen LogP contribution is -2.36. The summed E-state index contributed by atoms with van der Waals surface area (Å²) in [5, 5.41) is 0.629. The summed E-state index contributed by atoms with van der Waals surface area (Å²) in [6.07, 6.45) is 0.598. The number of halogens is 3. The van der Waals surface area contributed by atoms with E-state index in [0.29, 0.717) is 11.4 Å². The minimum Gasteiger partial charge on any atom is -0.321 e. The molecule has 0 fully saturated rings. The molecule has 1 unspecified atom stereocenters. The molecule has 0 aliphatic carbocycles. The van der Waals surface area contributed by atoms with Crippen LogP contribution in [0, 0.1) is 12.7 Å². The Morgan fingerprint density at radius 2 is 1.95 bits per heavy atom. The maximum Gasteiger partial charge on any atom is 0.123 e. The number of hydrogen-bond donors (Lipinski definition) is 1. The quantitative estimate of drug-likeness (QED) is 0.826. The number of rotatable bonds is 3. The van der Waals surface area contributed by atoms with Crippen LogP contribution in [-0.4, -0.2) is 0 Å². The zero-order valence-corrected chi connectivity index (χ0v) is 13.7. The fourth-order valence-electron chi connectivity index (χ4n) is 2.30. The highest BCUT2D eigenvalue weighted by Gasteiger charge is 2.25. The smallest absolute Gasteiger partial charge is 0.123 e. The molecule has 106 valence electrons. The number of hydrogen-bond acceptors (Lipinski definition) is 1. The fourth-order valence-corrected chi connectivity index (χ4v) is 3.19. The Morgan fingerprint density at radius 1 is 1.25 bits per heavy atom. The molecule has 2 rings (SSSR count). The molecule has 0 radical (unpaired) electrons. The minimum absolute atomic E-state index is 0.230. The van der Waals surface area contributed by atoms with Gasteiger partial charge in [-0.05, 0) is 61.2 Å². The molecule has 0 aliphatic rings. The minimum atomic E-state index is -0.611. The third-order valence-electron chi connectivity index (χ3n) is 3.41. The number of nitrogens with two attached hydrogens (primary N) is 1. The highest BCUT2D eigenvalue weighted by Crippen LogP contribution is 2.32. The van der Waals surface area contributed by atoms with Crippen molar-refractivity contribution in [2.45, 2.75) is 25.8 Å². The van der Waals surface area contributed by atoms with Crippen LogP contribution in [0.1, 0.15) is 23.6 Å². The van der Waals surface area contributed by atoms with E-state index < -0.39 is 5.54 Å². The van der Waals surface area contributed by atoms with Gasteiger partial charge in [-0.25, -0.2) is 4.39 Å². The number of aryl methyl sites for hydroxylation is 1. The second-order valence-corrected chi connectivity index (χ2v) is 6.61. The van der Waals surface area contributed by atoms with Crippen molar-refractivity contribution >= 4 is 27.5 Å². The Labute approximate surface area is 132 Å². The summed E-state index contributed by atoms with van der Waals surface area (Å²) >= 11 is 9.66. The van der Waals surface area contributed by atoms with Gasteiger partial charge in [0, 0.05) is 15.0 Å². The Balaban J connectivity index is 2.35. The molecule has 20 heavy (non-hydrogen) atoms. The average Bonchev–Trinajstić information content (AvgIpc) is 2.32. The van der Waals surface area contributed by atoms with Gasteiger partial charge in [-0.2, -0.15) is 0 Å². The molecule has 0 saturated carbocycles. The molecule has 0 amide bonds. The molecule has 0 bridgehead atoms. The van der Waals surface area contributed by atoms with Gasteiger partial charge in [0.2, 0.25) is 0 Å². The van der Waals surface area contributed by atoms with Gasteiger partial charge in [0.15, 0.2) is 0 Å². The average molecular weight is 357 g/mol. The fraction of sp³-hybridized carbons (Fsp3) is 0.250. The zero-order chi connectivity index (χ0) is 14.9. The molecule has 0 heterocycles. The molecule has 1 atom stereocenters. The van der Waals surface area contributed by atoms with Gasteiger partial charge >= 0.3 is 0 Å². The molecular weight excluding hydrogens is 341 g/mol. The van der Waals surface area contributed by atoms with Crippen molar-refractivity contribution in [3.63, 3.8) is 0 Å². The van der Waals surface area contributed by atoms with E-state index in [1.165, 1.54) is 12.1 Å². The molecule has 2 N–H and O–H groups in total. The molecule has 0 aromatic heterocycles. The molecule has 0 aliphatic heterocycles. The van der Waals surface area contributed by atoms with Crippen molar-refractivity contribution in [3.8, 4) is 0 Å². The van der Waals surface area contributed by atoms with Crippen molar-refractivity contribution < 1.29 is 4.39 Å². The van der Waals surface area contributed by atoms with Crippen molar-refractivity contribution in [1.82, 2.24) is 0 Å². The second-order valence-electron chi connectivity index (χ2n) is 5.29. The summed E-state index contributed by atoms with van der Waals surface area (Å²) in [7, 11) is 0. The molecular formula is C16H16BrClFN. The molecule has 0 spiro atoms. The summed E-state index contributed by atoms with van der Waals surface area (Å²) in [5.41, 5.74) is 8.63. The summed E-state index contributed by atoms with van der Waals surface area (Å²) in [6, 6.07) is 10.4. The van der Waals surface area contributed by atoms with Crippen LogP contribution >= 0.6 is 27.5 Å². The first-order valence-electron chi connectivity index (χ1n) is 6.29. The van der Waals surface area contributed by atoms with Crippen LogP contribution in [-0.2, 0) is 12.0 Å². The maximum absolute atomic E-state index is 13.2. The molecule has 4 heteroatoms. The summed E-state index contributed by atoms with van der Waals surface area (Å²) in [6.45, 7) is 3.82. The van der Waals surface area contributed by atoms with Gasteiger partial charge in [-0.15, -0.1) is 0 Å². The lowest BCUT2D eigenvalue weighted by Gasteiger charge is -2.27. The molecule has 0 saturated heterocycles. The van der Waals surface area contributed by atoms with Gasteiger partial charge in [-0.1, -0.05) is 39.7 Å². The van der Waals surface area contributed by atoms with Crippen LogP contribution in [0.25, 0.3) is 0 Å². The summed E-state index contributed by atoms with van der Waals surface area (Å²) in [5.74, 6) is -0.230.